The summed E-state index contributed by atoms with van der Waals surface area (Å²) in [5.41, 5.74) is 4.02. The van der Waals surface area contributed by atoms with Crippen LogP contribution in [0.25, 0.3) is 0 Å². The van der Waals surface area contributed by atoms with Crippen LogP contribution < -0.4 is 0 Å². The van der Waals surface area contributed by atoms with Crippen LogP contribution >= 0.6 is 0 Å². The third kappa shape index (κ3) is 2.26. The summed E-state index contributed by atoms with van der Waals surface area (Å²) in [5.74, 6) is 3.83. The summed E-state index contributed by atoms with van der Waals surface area (Å²) in [5, 5.41) is 0. The molecule has 0 aliphatic heterocycles. The van der Waals surface area contributed by atoms with Gasteiger partial charge in [-0.05, 0) is 78.7 Å². The number of hydrogen-bond donors (Lipinski definition) is 0. The van der Waals surface area contributed by atoms with Crippen LogP contribution in [0.2, 0.25) is 0 Å². The van der Waals surface area contributed by atoms with E-state index >= 15 is 0 Å². The number of rotatable bonds is 0. The first-order chi connectivity index (χ1) is 10.2. The Morgan fingerprint density at radius 3 is 2.57 bits per heavy atom. The highest BCUT2D eigenvalue weighted by molar-refractivity contribution is 5.34. The van der Waals surface area contributed by atoms with Gasteiger partial charge in [-0.25, -0.2) is 0 Å². The molecule has 0 N–H and O–H groups in total. The van der Waals surface area contributed by atoms with E-state index in [0.29, 0.717) is 5.41 Å². The van der Waals surface area contributed by atoms with E-state index in [0.717, 1.165) is 23.7 Å². The van der Waals surface area contributed by atoms with Crippen molar-refractivity contribution in [3.8, 4) is 0 Å². The lowest BCUT2D eigenvalue weighted by molar-refractivity contribution is 0.0337. The molecule has 21 heavy (non-hydrogen) atoms. The second-order valence-corrected chi connectivity index (χ2v) is 7.64. The van der Waals surface area contributed by atoms with Gasteiger partial charge in [0.1, 0.15) is 0 Å². The number of benzene rings is 1. The molecule has 0 nitrogen and oxygen atoms in total. The van der Waals surface area contributed by atoms with Gasteiger partial charge in [-0.3, -0.25) is 0 Å². The predicted molar refractivity (Wildman–Crippen MR) is 91.6 cm³/mol. The molecule has 1 aromatic carbocycles. The van der Waals surface area contributed by atoms with Gasteiger partial charge in [-0.1, -0.05) is 52.0 Å². The maximum Gasteiger partial charge on any atom is -0.0128 e. The highest BCUT2D eigenvalue weighted by Crippen LogP contribution is 2.62. The van der Waals surface area contributed by atoms with Gasteiger partial charge < -0.3 is 0 Å². The molecule has 116 valence electrons. The molecule has 5 atom stereocenters. The monoisotopic (exact) mass is 284 g/mol. The molecular formula is C21H32. The molecule has 0 radical (unpaired) electrons. The molecule has 0 heteroatoms. The van der Waals surface area contributed by atoms with Crippen LogP contribution in [-0.4, -0.2) is 0 Å². The fraction of sp³-hybridized carbons (Fsp3) is 0.714. The fourth-order valence-corrected chi connectivity index (χ4v) is 5.78. The van der Waals surface area contributed by atoms with Crippen molar-refractivity contribution in [1.82, 2.24) is 0 Å². The summed E-state index contributed by atoms with van der Waals surface area (Å²) < 4.78 is 0. The van der Waals surface area contributed by atoms with E-state index in [-0.39, 0.29) is 0 Å². The standard InChI is InChI=1S/C19H26.C2H6/c1-13-7-10-18-17-9-8-14-5-3-4-6-15(14)16(17)11-12-19(13,18)2;1-2/h3-6,13,16-18H,7-12H2,1-2H3;1-2H3. The third-order valence-electron chi connectivity index (χ3n) is 7.11. The summed E-state index contributed by atoms with van der Waals surface area (Å²) in [6, 6.07) is 9.28. The van der Waals surface area contributed by atoms with E-state index < -0.39 is 0 Å². The Morgan fingerprint density at radius 2 is 1.76 bits per heavy atom. The van der Waals surface area contributed by atoms with Crippen molar-refractivity contribution in [1.29, 1.82) is 0 Å². The summed E-state index contributed by atoms with van der Waals surface area (Å²) in [7, 11) is 0. The highest BCUT2D eigenvalue weighted by atomic mass is 14.6. The molecule has 0 amide bonds. The SMILES string of the molecule is CC.CC1CCC2C3CCc4ccccc4C3CCC12C. The van der Waals surface area contributed by atoms with E-state index in [1.54, 1.807) is 11.1 Å². The normalized spacial score (nSPS) is 40.4. The lowest BCUT2D eigenvalue weighted by Crippen LogP contribution is -2.41. The van der Waals surface area contributed by atoms with Crippen LogP contribution in [0.1, 0.15) is 76.8 Å². The van der Waals surface area contributed by atoms with Crippen molar-refractivity contribution in [2.45, 2.75) is 72.1 Å². The Bertz CT molecular complexity index is 489. The predicted octanol–water partition coefficient (Wildman–Crippen LogP) is 6.21. The largest absolute Gasteiger partial charge is 0.0683 e. The molecule has 1 aromatic rings. The summed E-state index contributed by atoms with van der Waals surface area (Å²) in [6.45, 7) is 9.11. The molecule has 0 spiro atoms. The Balaban J connectivity index is 0.000000636. The molecule has 4 rings (SSSR count). The van der Waals surface area contributed by atoms with E-state index in [2.05, 4.69) is 38.1 Å². The quantitative estimate of drug-likeness (QED) is 0.531. The van der Waals surface area contributed by atoms with Crippen LogP contribution in [0.4, 0.5) is 0 Å². The minimum atomic E-state index is 0.660. The van der Waals surface area contributed by atoms with Gasteiger partial charge in [0.25, 0.3) is 0 Å². The molecule has 3 aliphatic carbocycles. The summed E-state index contributed by atoms with van der Waals surface area (Å²) in [4.78, 5) is 0. The molecule has 0 heterocycles. The number of aryl methyl sites for hydroxylation is 1. The zero-order valence-corrected chi connectivity index (χ0v) is 14.4. The zero-order chi connectivity index (χ0) is 15.0. The molecule has 2 fully saturated rings. The van der Waals surface area contributed by atoms with Crippen molar-refractivity contribution < 1.29 is 0 Å². The van der Waals surface area contributed by atoms with E-state index in [4.69, 9.17) is 0 Å². The summed E-state index contributed by atoms with van der Waals surface area (Å²) in [6.07, 6.45) is 8.67. The van der Waals surface area contributed by atoms with Gasteiger partial charge in [0.2, 0.25) is 0 Å². The van der Waals surface area contributed by atoms with Crippen molar-refractivity contribution in [3.63, 3.8) is 0 Å². The molecule has 0 aromatic heterocycles. The molecule has 3 aliphatic rings. The Hall–Kier alpha value is -0.780. The molecular weight excluding hydrogens is 252 g/mol. The van der Waals surface area contributed by atoms with E-state index in [1.165, 1.54) is 38.5 Å². The Labute approximate surface area is 131 Å². The van der Waals surface area contributed by atoms with Crippen LogP contribution in [0.15, 0.2) is 24.3 Å². The van der Waals surface area contributed by atoms with Crippen LogP contribution in [0.5, 0.6) is 0 Å². The van der Waals surface area contributed by atoms with Crippen molar-refractivity contribution in [3.05, 3.63) is 35.4 Å². The van der Waals surface area contributed by atoms with E-state index in [9.17, 15) is 0 Å². The lowest BCUT2D eigenvalue weighted by atomic mass is 9.54. The molecule has 2 saturated carbocycles. The van der Waals surface area contributed by atoms with Crippen molar-refractivity contribution in [2.75, 3.05) is 0 Å². The zero-order valence-electron chi connectivity index (χ0n) is 14.4. The van der Waals surface area contributed by atoms with Gasteiger partial charge in [0.15, 0.2) is 0 Å². The topological polar surface area (TPSA) is 0 Å². The smallest absolute Gasteiger partial charge is 0.0128 e. The Morgan fingerprint density at radius 1 is 1.00 bits per heavy atom. The van der Waals surface area contributed by atoms with Crippen LogP contribution in [0, 0.1) is 23.2 Å². The highest BCUT2D eigenvalue weighted by Gasteiger charge is 2.53. The van der Waals surface area contributed by atoms with Crippen LogP contribution in [0.3, 0.4) is 0 Å². The second kappa shape index (κ2) is 5.78. The lowest BCUT2D eigenvalue weighted by Gasteiger charge is -2.50. The molecule has 0 saturated heterocycles. The summed E-state index contributed by atoms with van der Waals surface area (Å²) >= 11 is 0. The number of hydrogen-bond acceptors (Lipinski definition) is 0. The van der Waals surface area contributed by atoms with Crippen LogP contribution in [-0.2, 0) is 6.42 Å². The minimum Gasteiger partial charge on any atom is -0.0683 e. The first-order valence-electron chi connectivity index (χ1n) is 9.28. The van der Waals surface area contributed by atoms with E-state index in [1.807, 2.05) is 13.8 Å². The van der Waals surface area contributed by atoms with Gasteiger partial charge in [0.05, 0.1) is 0 Å². The maximum atomic E-state index is 2.60. The molecule has 0 bridgehead atoms. The molecule has 5 unspecified atom stereocenters. The average molecular weight is 284 g/mol. The van der Waals surface area contributed by atoms with Gasteiger partial charge in [0, 0.05) is 0 Å². The first-order valence-corrected chi connectivity index (χ1v) is 9.28. The third-order valence-corrected chi connectivity index (χ3v) is 7.11. The second-order valence-electron chi connectivity index (χ2n) is 7.64. The average Bonchev–Trinajstić information content (AvgIpc) is 2.85. The van der Waals surface area contributed by atoms with Gasteiger partial charge in [-0.15, -0.1) is 0 Å². The number of fused-ring (bicyclic) bond motifs is 5. The Kier molecular flexibility index (Phi) is 4.17. The van der Waals surface area contributed by atoms with Gasteiger partial charge in [-0.2, -0.15) is 0 Å². The fourth-order valence-electron chi connectivity index (χ4n) is 5.78. The minimum absolute atomic E-state index is 0.660. The van der Waals surface area contributed by atoms with Crippen molar-refractivity contribution >= 4 is 0 Å². The van der Waals surface area contributed by atoms with Crippen molar-refractivity contribution in [2.24, 2.45) is 23.2 Å². The first kappa shape index (κ1) is 15.1. The maximum absolute atomic E-state index is 2.60. The van der Waals surface area contributed by atoms with Gasteiger partial charge >= 0.3 is 0 Å².